The van der Waals surface area contributed by atoms with Gasteiger partial charge in [-0.25, -0.2) is 39.6 Å². The summed E-state index contributed by atoms with van der Waals surface area (Å²) in [6.07, 6.45) is 6.28. The second kappa shape index (κ2) is 34.1. The largest absolute Gasteiger partial charge is 0.478 e. The van der Waals surface area contributed by atoms with Crippen LogP contribution in [0.3, 0.4) is 0 Å². The van der Waals surface area contributed by atoms with Crippen molar-refractivity contribution < 1.29 is 55.0 Å². The summed E-state index contributed by atoms with van der Waals surface area (Å²) in [6, 6.07) is 59.2. The number of rotatable bonds is 27. The maximum absolute atomic E-state index is 13.9. The third-order valence-corrected chi connectivity index (χ3v) is 20.6. The normalized spacial score (nSPS) is 11.5. The minimum Gasteiger partial charge on any atom is -0.478 e. The summed E-state index contributed by atoms with van der Waals surface area (Å²) in [5, 5.41) is 27.8. The average molecular weight is 1380 g/mol. The van der Waals surface area contributed by atoms with Crippen molar-refractivity contribution in [2.75, 3.05) is 14.2 Å². The van der Waals surface area contributed by atoms with Gasteiger partial charge in [0, 0.05) is 5.02 Å². The van der Waals surface area contributed by atoms with Gasteiger partial charge in [-0.15, -0.1) is 0 Å². The summed E-state index contributed by atoms with van der Waals surface area (Å²) in [5.41, 5.74) is 10.7. The Kier molecular flexibility index (Phi) is 26.4. The Hall–Kier alpha value is -8.78. The van der Waals surface area contributed by atoms with Crippen LogP contribution >= 0.6 is 23.2 Å². The zero-order valence-electron chi connectivity index (χ0n) is 53.7. The molecule has 0 bridgehead atoms. The van der Waals surface area contributed by atoms with Crippen LogP contribution in [-0.2, 0) is 68.6 Å². The van der Waals surface area contributed by atoms with E-state index >= 15 is 0 Å². The van der Waals surface area contributed by atoms with Crippen molar-refractivity contribution in [3.05, 3.63) is 283 Å². The fraction of sp³-hybridized carbons (Fsp3) is 0.240. The van der Waals surface area contributed by atoms with E-state index in [1.807, 2.05) is 107 Å². The monoisotopic (exact) mass is 1380 g/mol. The van der Waals surface area contributed by atoms with Gasteiger partial charge in [0.05, 0.1) is 48.6 Å². The van der Waals surface area contributed by atoms with Crippen LogP contribution in [0.5, 0.6) is 0 Å². The third kappa shape index (κ3) is 21.4. The smallest absolute Gasteiger partial charge is 0.335 e. The van der Waals surface area contributed by atoms with Crippen molar-refractivity contribution in [1.82, 2.24) is 0 Å². The van der Waals surface area contributed by atoms with E-state index in [-0.39, 0.29) is 48.4 Å². The number of hydrogen-bond donors (Lipinski definition) is 6. The topological polar surface area (TPSA) is 250 Å². The first-order valence-corrected chi connectivity index (χ1v) is 36.3. The lowest BCUT2D eigenvalue weighted by atomic mass is 9.89. The van der Waals surface area contributed by atoms with E-state index in [0.717, 1.165) is 69.3 Å². The van der Waals surface area contributed by atoms with Crippen LogP contribution in [0.2, 0.25) is 10.0 Å². The van der Waals surface area contributed by atoms with E-state index in [4.69, 9.17) is 33.4 Å². The number of carboxylic acids is 3. The van der Waals surface area contributed by atoms with Gasteiger partial charge in [-0.3, -0.25) is 14.2 Å². The van der Waals surface area contributed by atoms with E-state index in [1.165, 1.54) is 18.2 Å². The Bertz CT molecular complexity index is 4480. The van der Waals surface area contributed by atoms with Gasteiger partial charge < -0.3 is 15.3 Å². The van der Waals surface area contributed by atoms with Crippen molar-refractivity contribution in [2.24, 2.45) is 0 Å². The van der Waals surface area contributed by atoms with Crippen molar-refractivity contribution in [3.8, 4) is 0 Å². The molecule has 6 N–H and O–H groups in total. The molecule has 0 fully saturated rings. The molecule has 0 aromatic heterocycles. The molecule has 9 rings (SSSR count). The van der Waals surface area contributed by atoms with Gasteiger partial charge in [-0.05, 0) is 211 Å². The van der Waals surface area contributed by atoms with Crippen LogP contribution in [0.1, 0.15) is 160 Å². The molecule has 15 nitrogen and oxygen atoms in total. The lowest BCUT2D eigenvalue weighted by molar-refractivity contribution is 0.0686. The summed E-state index contributed by atoms with van der Waals surface area (Å²) < 4.78 is 86.8. The second-order valence-electron chi connectivity index (χ2n) is 23.7. The Morgan fingerprint density at radius 2 is 0.737 bits per heavy atom. The number of sulfonamides is 3. The SMILES string of the molecule is CC(C)c1cc(C(C)C)c(S(=O)(=O)Nc2ccccc2CCCc2cccc(C(=O)O)c2)c(C(C)C)c1.O=C(O)c1cccc(CCCc2ccccc2NS(=O)(=O)c2cc(Cl)ccc2Cl)c1.O=C(O)c1cccc(CCCc2ccccc2NS(=O)(=O)c2ccccc2)c1. The quantitative estimate of drug-likeness (QED) is 0.0281. The van der Waals surface area contributed by atoms with E-state index in [1.54, 1.807) is 109 Å². The van der Waals surface area contributed by atoms with Crippen molar-refractivity contribution in [3.63, 3.8) is 0 Å². The second-order valence-corrected chi connectivity index (χ2v) is 29.5. The first-order chi connectivity index (χ1) is 45.1. The lowest BCUT2D eigenvalue weighted by Gasteiger charge is -2.23. The number of para-hydroxylation sites is 3. The van der Waals surface area contributed by atoms with Crippen LogP contribution in [0, 0.1) is 0 Å². The number of carbonyl (C=O) groups is 3. The predicted molar refractivity (Wildman–Crippen MR) is 380 cm³/mol. The van der Waals surface area contributed by atoms with Crippen LogP contribution in [0.4, 0.5) is 17.1 Å². The number of halogens is 2. The number of anilines is 3. The Morgan fingerprint density at radius 3 is 1.11 bits per heavy atom. The van der Waals surface area contributed by atoms with Gasteiger partial charge in [-0.1, -0.05) is 186 Å². The van der Waals surface area contributed by atoms with Crippen LogP contribution < -0.4 is 14.2 Å². The molecular weight excluding hydrogens is 1300 g/mol. The molecule has 0 aliphatic carbocycles. The molecule has 0 spiro atoms. The van der Waals surface area contributed by atoms with Gasteiger partial charge >= 0.3 is 17.9 Å². The molecule has 0 saturated carbocycles. The number of hydrogen-bond acceptors (Lipinski definition) is 9. The molecule has 95 heavy (non-hydrogen) atoms. The van der Waals surface area contributed by atoms with Gasteiger partial charge in [0.25, 0.3) is 30.1 Å². The summed E-state index contributed by atoms with van der Waals surface area (Å²) >= 11 is 12.0. The number of aryl methyl sites for hydroxylation is 6. The maximum Gasteiger partial charge on any atom is 0.335 e. The number of nitrogens with one attached hydrogen (secondary N) is 3. The van der Waals surface area contributed by atoms with E-state index in [2.05, 4.69) is 28.0 Å². The van der Waals surface area contributed by atoms with E-state index < -0.39 is 48.0 Å². The highest BCUT2D eigenvalue weighted by atomic mass is 35.5. The number of benzene rings is 9. The minimum atomic E-state index is -3.91. The molecule has 0 radical (unpaired) electrons. The Morgan fingerprint density at radius 1 is 0.379 bits per heavy atom. The highest BCUT2D eigenvalue weighted by Crippen LogP contribution is 2.37. The van der Waals surface area contributed by atoms with Gasteiger partial charge in [0.2, 0.25) is 0 Å². The molecule has 0 atom stereocenters. The van der Waals surface area contributed by atoms with E-state index in [9.17, 15) is 44.7 Å². The first kappa shape index (κ1) is 73.6. The Labute approximate surface area is 568 Å². The Balaban J connectivity index is 0.000000204. The van der Waals surface area contributed by atoms with Crippen molar-refractivity contribution in [2.45, 2.75) is 132 Å². The standard InChI is InChI=1S/C31H39NO4S.C22H19Cl2NO4S.C22H21NO4S/c1-20(2)26-18-27(21(3)4)30(28(19-26)22(5)6)37(35,36)32-29-16-8-7-13-24(29)14-9-11-23-12-10-15-25(17-23)31(33)34;23-18-11-12-19(24)21(14-18)30(28,29)25-20-10-2-1-7-16(20)8-3-5-15-6-4-9-17(13-15)22(26)27;24-22(25)19-12-7-9-17(16-19)8-6-11-18-10-4-5-15-21(18)23-28(26,27)20-13-2-1-3-14-20/h7-8,10,12-13,15-22,32H,9,11,14H2,1-6H3,(H,33,34);1-2,4,6-7,9-14,25H,3,5,8H2,(H,26,27);1-5,7,9-10,12-16,23H,6,8,11H2,(H,24,25). The van der Waals surface area contributed by atoms with Crippen LogP contribution in [0.15, 0.2) is 221 Å². The molecule has 0 heterocycles. The van der Waals surface area contributed by atoms with Gasteiger partial charge in [0.1, 0.15) is 4.90 Å². The van der Waals surface area contributed by atoms with E-state index in [0.29, 0.717) is 66.4 Å². The summed E-state index contributed by atoms with van der Waals surface area (Å²) in [4.78, 5) is 34.0. The molecular formula is C75H79Cl2N3O12S3. The molecule has 0 unspecified atom stereocenters. The number of aromatic carboxylic acids is 3. The molecule has 0 aliphatic rings. The fourth-order valence-electron chi connectivity index (χ4n) is 10.6. The molecule has 0 aliphatic heterocycles. The molecule has 498 valence electrons. The zero-order valence-corrected chi connectivity index (χ0v) is 57.7. The summed E-state index contributed by atoms with van der Waals surface area (Å²) in [6.45, 7) is 12.4. The highest BCUT2D eigenvalue weighted by molar-refractivity contribution is 7.93. The molecule has 20 heteroatoms. The molecule has 9 aromatic rings. The lowest BCUT2D eigenvalue weighted by Crippen LogP contribution is -2.20. The van der Waals surface area contributed by atoms with Crippen LogP contribution in [0.25, 0.3) is 0 Å². The fourth-order valence-corrected chi connectivity index (χ4v) is 15.4. The minimum absolute atomic E-state index is 0.0552. The van der Waals surface area contributed by atoms with Gasteiger partial charge in [-0.2, -0.15) is 0 Å². The number of carboxylic acid groups (broad SMARTS) is 3. The highest BCUT2D eigenvalue weighted by Gasteiger charge is 2.28. The average Bonchev–Trinajstić information content (AvgIpc) is 0.797. The third-order valence-electron chi connectivity index (χ3n) is 15.6. The molecule has 0 amide bonds. The van der Waals surface area contributed by atoms with Crippen molar-refractivity contribution >= 4 is 88.2 Å². The first-order valence-electron chi connectivity index (χ1n) is 31.1. The van der Waals surface area contributed by atoms with Crippen LogP contribution in [-0.4, -0.2) is 58.5 Å². The molecule has 9 aromatic carbocycles. The van der Waals surface area contributed by atoms with Gasteiger partial charge in [0.15, 0.2) is 0 Å². The maximum atomic E-state index is 13.9. The zero-order chi connectivity index (χ0) is 69.0. The predicted octanol–water partition coefficient (Wildman–Crippen LogP) is 17.8. The summed E-state index contributed by atoms with van der Waals surface area (Å²) in [7, 11) is -11.4. The molecule has 0 saturated heterocycles. The summed E-state index contributed by atoms with van der Waals surface area (Å²) in [5.74, 6) is -2.43. The van der Waals surface area contributed by atoms with Crippen molar-refractivity contribution in [1.29, 1.82) is 0 Å².